The van der Waals surface area contributed by atoms with Gasteiger partial charge in [0.15, 0.2) is 0 Å². The fourth-order valence-electron chi connectivity index (χ4n) is 0.973. The van der Waals surface area contributed by atoms with Crippen LogP contribution in [0.2, 0.25) is 0 Å². The Bertz CT molecular complexity index is 412. The summed E-state index contributed by atoms with van der Waals surface area (Å²) < 4.78 is 25.5. The van der Waals surface area contributed by atoms with Crippen molar-refractivity contribution in [1.29, 1.82) is 5.26 Å². The molecule has 0 saturated heterocycles. The molecule has 0 atom stereocenters. The van der Waals surface area contributed by atoms with Crippen LogP contribution in [-0.2, 0) is 4.79 Å². The van der Waals surface area contributed by atoms with Gasteiger partial charge in [0.1, 0.15) is 11.6 Å². The Morgan fingerprint density at radius 2 is 2.20 bits per heavy atom. The Hall–Kier alpha value is -1.96. The molecule has 1 rings (SSSR count). The number of amides is 1. The zero-order chi connectivity index (χ0) is 11.3. The third-order valence-electron chi connectivity index (χ3n) is 1.67. The smallest absolute Gasteiger partial charge is 0.225 e. The maximum atomic E-state index is 13.0. The molecule has 0 aliphatic rings. The molecule has 1 N–H and O–H groups in total. The molecular formula is C10H8F2N2O. The van der Waals surface area contributed by atoms with Crippen molar-refractivity contribution in [1.82, 2.24) is 0 Å². The lowest BCUT2D eigenvalue weighted by Crippen LogP contribution is -2.12. The molecule has 1 aromatic carbocycles. The lowest BCUT2D eigenvalue weighted by molar-refractivity contribution is -0.116. The fourth-order valence-corrected chi connectivity index (χ4v) is 0.973. The summed E-state index contributed by atoms with van der Waals surface area (Å²) in [5.41, 5.74) is -0.0839. The van der Waals surface area contributed by atoms with E-state index in [1.54, 1.807) is 6.07 Å². The highest BCUT2D eigenvalue weighted by atomic mass is 19.1. The molecule has 0 unspecified atom stereocenters. The van der Waals surface area contributed by atoms with Crippen molar-refractivity contribution >= 4 is 11.6 Å². The van der Waals surface area contributed by atoms with Gasteiger partial charge in [0.25, 0.3) is 0 Å². The Morgan fingerprint density at radius 3 is 2.80 bits per heavy atom. The fraction of sp³-hybridized carbons (Fsp3) is 0.200. The van der Waals surface area contributed by atoms with Crippen molar-refractivity contribution in [3.63, 3.8) is 0 Å². The van der Waals surface area contributed by atoms with Gasteiger partial charge < -0.3 is 5.32 Å². The zero-order valence-electron chi connectivity index (χ0n) is 7.76. The van der Waals surface area contributed by atoms with E-state index in [-0.39, 0.29) is 18.5 Å². The SMILES string of the molecule is N#CCCC(=O)Nc1ccc(F)cc1F. The van der Waals surface area contributed by atoms with Crippen LogP contribution < -0.4 is 5.32 Å². The van der Waals surface area contributed by atoms with Gasteiger partial charge in [0.2, 0.25) is 5.91 Å². The van der Waals surface area contributed by atoms with Crippen LogP contribution in [0.4, 0.5) is 14.5 Å². The summed E-state index contributed by atoms with van der Waals surface area (Å²) in [7, 11) is 0. The summed E-state index contributed by atoms with van der Waals surface area (Å²) in [5.74, 6) is -2.01. The normalized spacial score (nSPS) is 9.40. The predicted octanol–water partition coefficient (Wildman–Crippen LogP) is 2.21. The second kappa shape index (κ2) is 5.05. The number of halogens is 2. The molecular weight excluding hydrogens is 202 g/mol. The highest BCUT2D eigenvalue weighted by molar-refractivity contribution is 5.90. The summed E-state index contributed by atoms with van der Waals surface area (Å²) in [6.07, 6.45) is 0.0575. The number of carbonyl (C=O) groups is 1. The number of benzene rings is 1. The van der Waals surface area contributed by atoms with E-state index >= 15 is 0 Å². The van der Waals surface area contributed by atoms with Gasteiger partial charge in [-0.2, -0.15) is 5.26 Å². The lowest BCUT2D eigenvalue weighted by Gasteiger charge is -2.04. The average Bonchev–Trinajstić information content (AvgIpc) is 2.19. The van der Waals surface area contributed by atoms with Crippen molar-refractivity contribution in [2.75, 3.05) is 5.32 Å². The van der Waals surface area contributed by atoms with Crippen LogP contribution in [0.15, 0.2) is 18.2 Å². The molecule has 0 aliphatic carbocycles. The van der Waals surface area contributed by atoms with E-state index in [4.69, 9.17) is 5.26 Å². The first kappa shape index (κ1) is 11.1. The summed E-state index contributed by atoms with van der Waals surface area (Å²) in [6, 6.07) is 4.65. The molecule has 3 nitrogen and oxygen atoms in total. The van der Waals surface area contributed by atoms with Gasteiger partial charge in [0, 0.05) is 18.9 Å². The largest absolute Gasteiger partial charge is 0.324 e. The number of nitrogens with zero attached hydrogens (tertiary/aromatic N) is 1. The molecule has 0 heterocycles. The molecule has 0 saturated carbocycles. The first-order chi connectivity index (χ1) is 7.13. The van der Waals surface area contributed by atoms with Crippen LogP contribution in [0.3, 0.4) is 0 Å². The molecule has 0 fully saturated rings. The Labute approximate surface area is 85.3 Å². The first-order valence-electron chi connectivity index (χ1n) is 4.25. The van der Waals surface area contributed by atoms with Crippen LogP contribution >= 0.6 is 0 Å². The number of nitrogens with one attached hydrogen (secondary N) is 1. The molecule has 1 aromatic rings. The minimum atomic E-state index is -0.833. The van der Waals surface area contributed by atoms with Gasteiger partial charge in [-0.25, -0.2) is 8.78 Å². The lowest BCUT2D eigenvalue weighted by atomic mass is 10.2. The Kier molecular flexibility index (Phi) is 3.75. The van der Waals surface area contributed by atoms with Gasteiger partial charge >= 0.3 is 0 Å². The zero-order valence-corrected chi connectivity index (χ0v) is 7.76. The van der Waals surface area contributed by atoms with Crippen LogP contribution in [-0.4, -0.2) is 5.91 Å². The van der Waals surface area contributed by atoms with Crippen LogP contribution in [0.25, 0.3) is 0 Å². The molecule has 1 amide bonds. The molecule has 5 heteroatoms. The summed E-state index contributed by atoms with van der Waals surface area (Å²) in [4.78, 5) is 11.1. The Morgan fingerprint density at radius 1 is 1.47 bits per heavy atom. The van der Waals surface area contributed by atoms with E-state index in [1.165, 1.54) is 0 Å². The molecule has 78 valence electrons. The highest BCUT2D eigenvalue weighted by Crippen LogP contribution is 2.15. The number of nitriles is 1. The molecule has 0 aliphatic heterocycles. The third-order valence-corrected chi connectivity index (χ3v) is 1.67. The van der Waals surface area contributed by atoms with Crippen molar-refractivity contribution in [2.24, 2.45) is 0 Å². The summed E-state index contributed by atoms with van der Waals surface area (Å²) >= 11 is 0. The maximum absolute atomic E-state index is 13.0. The van der Waals surface area contributed by atoms with Crippen LogP contribution in [0.5, 0.6) is 0 Å². The van der Waals surface area contributed by atoms with Gasteiger partial charge in [-0.15, -0.1) is 0 Å². The van der Waals surface area contributed by atoms with Crippen molar-refractivity contribution < 1.29 is 13.6 Å². The predicted molar refractivity (Wildman–Crippen MR) is 49.8 cm³/mol. The summed E-state index contributed by atoms with van der Waals surface area (Å²) in [6.45, 7) is 0. The topological polar surface area (TPSA) is 52.9 Å². The first-order valence-corrected chi connectivity index (χ1v) is 4.25. The molecule has 0 radical (unpaired) electrons. The molecule has 0 spiro atoms. The van der Waals surface area contributed by atoms with E-state index in [0.29, 0.717) is 6.07 Å². The van der Waals surface area contributed by atoms with E-state index < -0.39 is 17.5 Å². The van der Waals surface area contributed by atoms with Crippen molar-refractivity contribution in [3.8, 4) is 6.07 Å². The number of rotatable bonds is 3. The number of carbonyl (C=O) groups excluding carboxylic acids is 1. The van der Waals surface area contributed by atoms with Gasteiger partial charge in [0.05, 0.1) is 11.8 Å². The standard InChI is InChI=1S/C10H8F2N2O/c11-7-3-4-9(8(12)6-7)14-10(15)2-1-5-13/h3-4,6H,1-2H2,(H,14,15). The van der Waals surface area contributed by atoms with Crippen molar-refractivity contribution in [2.45, 2.75) is 12.8 Å². The Balaban J connectivity index is 2.65. The molecule has 15 heavy (non-hydrogen) atoms. The van der Waals surface area contributed by atoms with Crippen molar-refractivity contribution in [3.05, 3.63) is 29.8 Å². The number of hydrogen-bond donors (Lipinski definition) is 1. The van der Waals surface area contributed by atoms with Gasteiger partial charge in [-0.05, 0) is 12.1 Å². The maximum Gasteiger partial charge on any atom is 0.225 e. The summed E-state index contributed by atoms with van der Waals surface area (Å²) in [5, 5.41) is 10.5. The monoisotopic (exact) mass is 210 g/mol. The van der Waals surface area contributed by atoms with E-state index in [0.717, 1.165) is 12.1 Å². The van der Waals surface area contributed by atoms with Gasteiger partial charge in [-0.1, -0.05) is 0 Å². The number of anilines is 1. The third kappa shape index (κ3) is 3.35. The average molecular weight is 210 g/mol. The van der Waals surface area contributed by atoms with Gasteiger partial charge in [-0.3, -0.25) is 4.79 Å². The second-order valence-electron chi connectivity index (χ2n) is 2.83. The number of hydrogen-bond acceptors (Lipinski definition) is 2. The van der Waals surface area contributed by atoms with E-state index in [9.17, 15) is 13.6 Å². The highest BCUT2D eigenvalue weighted by Gasteiger charge is 2.07. The van der Waals surface area contributed by atoms with Crippen LogP contribution in [0.1, 0.15) is 12.8 Å². The molecule has 0 aromatic heterocycles. The van der Waals surface area contributed by atoms with Crippen LogP contribution in [0, 0.1) is 23.0 Å². The second-order valence-corrected chi connectivity index (χ2v) is 2.83. The van der Waals surface area contributed by atoms with E-state index in [1.807, 2.05) is 0 Å². The van der Waals surface area contributed by atoms with E-state index in [2.05, 4.69) is 5.32 Å². The minimum Gasteiger partial charge on any atom is -0.324 e. The molecule has 0 bridgehead atoms. The minimum absolute atomic E-state index is 0.00663. The quantitative estimate of drug-likeness (QED) is 0.831.